The fraction of sp³-hybridized carbons (Fsp3) is 0.520. The van der Waals surface area contributed by atoms with Gasteiger partial charge in [-0.3, -0.25) is 9.88 Å². The maximum absolute atomic E-state index is 12.0. The highest BCUT2D eigenvalue weighted by molar-refractivity contribution is 6.34. The maximum Gasteiger partial charge on any atom is 0.317 e. The third-order valence-electron chi connectivity index (χ3n) is 6.75. The monoisotopic (exact) mass is 514 g/mol. The molecule has 4 rings (SSSR count). The van der Waals surface area contributed by atoms with E-state index in [1.54, 1.807) is 7.11 Å². The number of carbonyl (C=O) groups excluding carboxylic acids is 1. The number of aromatic nitrogens is 4. The third kappa shape index (κ3) is 5.49. The molecule has 1 aliphatic heterocycles. The van der Waals surface area contributed by atoms with Gasteiger partial charge < -0.3 is 25.3 Å². The quantitative estimate of drug-likeness (QED) is 0.444. The standard InChI is InChI=1S/C25H35ClN8O2/c1-5-28-25(35)33-11-9-32(10-12-33)8-6-7-18-14-34(23-20(18)22(26)30-24(27)31-23)15-19-17(3)21(36-4)16(2)13-29-19/h13-14H,5-12,15H2,1-4H3,(H,28,35)(H2,27,30,31). The molecule has 3 aromatic rings. The number of pyridine rings is 1. The number of nitrogen functional groups attached to an aromatic ring is 1. The normalized spacial score (nSPS) is 14.4. The number of hydrogen-bond acceptors (Lipinski definition) is 7. The number of nitrogens with one attached hydrogen (secondary N) is 1. The van der Waals surface area contributed by atoms with E-state index in [2.05, 4.69) is 31.4 Å². The van der Waals surface area contributed by atoms with Crippen molar-refractivity contribution in [2.75, 3.05) is 52.1 Å². The van der Waals surface area contributed by atoms with Crippen LogP contribution in [-0.4, -0.2) is 81.7 Å². The van der Waals surface area contributed by atoms with Crippen LogP contribution in [0.4, 0.5) is 10.7 Å². The van der Waals surface area contributed by atoms with Crippen molar-refractivity contribution in [2.45, 2.75) is 40.2 Å². The number of urea groups is 1. The molecule has 11 heteroatoms. The minimum absolute atomic E-state index is 0.0230. The van der Waals surface area contributed by atoms with E-state index in [0.29, 0.717) is 23.9 Å². The number of methoxy groups -OCH3 is 1. The molecule has 0 bridgehead atoms. The number of amides is 2. The second-order valence-electron chi connectivity index (χ2n) is 9.17. The van der Waals surface area contributed by atoms with Gasteiger partial charge in [0.1, 0.15) is 16.5 Å². The van der Waals surface area contributed by atoms with E-state index in [1.165, 1.54) is 0 Å². The van der Waals surface area contributed by atoms with Gasteiger partial charge in [0, 0.05) is 56.2 Å². The van der Waals surface area contributed by atoms with Crippen LogP contribution in [0.2, 0.25) is 5.15 Å². The Labute approximate surface area is 216 Å². The van der Waals surface area contributed by atoms with Gasteiger partial charge in [-0.05, 0) is 45.7 Å². The summed E-state index contributed by atoms with van der Waals surface area (Å²) < 4.78 is 7.63. The minimum Gasteiger partial charge on any atom is -0.496 e. The highest BCUT2D eigenvalue weighted by Gasteiger charge is 2.21. The van der Waals surface area contributed by atoms with Crippen LogP contribution in [0.1, 0.15) is 35.7 Å². The molecule has 194 valence electrons. The molecule has 1 aliphatic rings. The van der Waals surface area contributed by atoms with Crippen LogP contribution in [0.15, 0.2) is 12.4 Å². The van der Waals surface area contributed by atoms with Crippen molar-refractivity contribution in [2.24, 2.45) is 0 Å². The fourth-order valence-electron chi connectivity index (χ4n) is 4.87. The van der Waals surface area contributed by atoms with Crippen LogP contribution in [0.3, 0.4) is 0 Å². The highest BCUT2D eigenvalue weighted by atomic mass is 35.5. The second-order valence-corrected chi connectivity index (χ2v) is 9.53. The van der Waals surface area contributed by atoms with E-state index in [9.17, 15) is 4.79 Å². The first-order chi connectivity index (χ1) is 17.3. The van der Waals surface area contributed by atoms with E-state index in [1.807, 2.05) is 36.4 Å². The fourth-order valence-corrected chi connectivity index (χ4v) is 5.16. The van der Waals surface area contributed by atoms with Crippen LogP contribution >= 0.6 is 11.6 Å². The smallest absolute Gasteiger partial charge is 0.317 e. The molecule has 0 aliphatic carbocycles. The summed E-state index contributed by atoms with van der Waals surface area (Å²) in [7, 11) is 1.68. The molecule has 36 heavy (non-hydrogen) atoms. The van der Waals surface area contributed by atoms with Crippen LogP contribution in [-0.2, 0) is 13.0 Å². The molecular weight excluding hydrogens is 480 g/mol. The molecule has 0 spiro atoms. The van der Waals surface area contributed by atoms with E-state index in [4.69, 9.17) is 22.1 Å². The van der Waals surface area contributed by atoms with Crippen molar-refractivity contribution in [3.63, 3.8) is 0 Å². The molecule has 1 fully saturated rings. The lowest BCUT2D eigenvalue weighted by molar-refractivity contribution is 0.139. The topological polar surface area (TPSA) is 114 Å². The van der Waals surface area contributed by atoms with E-state index < -0.39 is 0 Å². The number of nitrogens with zero attached hydrogens (tertiary/aromatic N) is 6. The predicted molar refractivity (Wildman–Crippen MR) is 142 cm³/mol. The van der Waals surface area contributed by atoms with Crippen molar-refractivity contribution >= 4 is 34.6 Å². The average Bonchev–Trinajstić information content (AvgIpc) is 3.19. The molecule has 0 atom stereocenters. The molecular formula is C25H35ClN8O2. The largest absolute Gasteiger partial charge is 0.496 e. The predicted octanol–water partition coefficient (Wildman–Crippen LogP) is 3.02. The summed E-state index contributed by atoms with van der Waals surface area (Å²) in [6.07, 6.45) is 5.70. The van der Waals surface area contributed by atoms with Gasteiger partial charge in [0.2, 0.25) is 5.95 Å². The van der Waals surface area contributed by atoms with Crippen molar-refractivity contribution in [1.82, 2.24) is 34.6 Å². The molecule has 0 aromatic carbocycles. The zero-order valence-electron chi connectivity index (χ0n) is 21.5. The number of ether oxygens (including phenoxy) is 1. The summed E-state index contributed by atoms with van der Waals surface area (Å²) in [5.41, 5.74) is 10.6. The number of carbonyl (C=O) groups is 1. The summed E-state index contributed by atoms with van der Waals surface area (Å²) >= 11 is 6.55. The molecule has 1 saturated heterocycles. The molecule has 4 heterocycles. The van der Waals surface area contributed by atoms with Gasteiger partial charge >= 0.3 is 6.03 Å². The lowest BCUT2D eigenvalue weighted by Crippen LogP contribution is -2.51. The lowest BCUT2D eigenvalue weighted by atomic mass is 10.1. The Kier molecular flexibility index (Phi) is 8.15. The Morgan fingerprint density at radius 2 is 1.97 bits per heavy atom. The number of rotatable bonds is 8. The van der Waals surface area contributed by atoms with Crippen LogP contribution in [0.25, 0.3) is 11.0 Å². The molecule has 2 amide bonds. The number of halogens is 1. The van der Waals surface area contributed by atoms with Gasteiger partial charge in [-0.2, -0.15) is 4.98 Å². The number of aryl methyl sites for hydroxylation is 2. The first-order valence-electron chi connectivity index (χ1n) is 12.4. The van der Waals surface area contributed by atoms with Crippen molar-refractivity contribution < 1.29 is 9.53 Å². The first kappa shape index (κ1) is 26.0. The van der Waals surface area contributed by atoms with Gasteiger partial charge in [-0.15, -0.1) is 0 Å². The number of fused-ring (bicyclic) bond motifs is 1. The Hall–Kier alpha value is -3.11. The summed E-state index contributed by atoms with van der Waals surface area (Å²) in [6.45, 7) is 11.3. The highest BCUT2D eigenvalue weighted by Crippen LogP contribution is 2.30. The molecule has 3 aromatic heterocycles. The number of nitrogens with two attached hydrogens (primary N) is 1. The number of anilines is 1. The SMILES string of the molecule is CCNC(=O)N1CCN(CCCc2cn(Cc3ncc(C)c(OC)c3C)c3nc(N)nc(Cl)c23)CC1. The van der Waals surface area contributed by atoms with Gasteiger partial charge in [0.05, 0.1) is 24.7 Å². The minimum atomic E-state index is 0.0230. The van der Waals surface area contributed by atoms with Gasteiger partial charge in [0.15, 0.2) is 0 Å². The first-order valence-corrected chi connectivity index (χ1v) is 12.7. The van der Waals surface area contributed by atoms with Crippen molar-refractivity contribution in [1.29, 1.82) is 0 Å². The summed E-state index contributed by atoms with van der Waals surface area (Å²) in [6, 6.07) is 0.0230. The molecule has 3 N–H and O–H groups in total. The molecule has 0 saturated carbocycles. The maximum atomic E-state index is 12.0. The Balaban J connectivity index is 1.48. The van der Waals surface area contributed by atoms with Crippen molar-refractivity contribution in [3.8, 4) is 5.75 Å². The Morgan fingerprint density at radius 3 is 2.67 bits per heavy atom. The van der Waals surface area contributed by atoms with Crippen LogP contribution in [0.5, 0.6) is 5.75 Å². The lowest BCUT2D eigenvalue weighted by Gasteiger charge is -2.34. The summed E-state index contributed by atoms with van der Waals surface area (Å²) in [5, 5.41) is 4.08. The summed E-state index contributed by atoms with van der Waals surface area (Å²) in [5.74, 6) is 0.991. The summed E-state index contributed by atoms with van der Waals surface area (Å²) in [4.78, 5) is 29.7. The molecule has 10 nitrogen and oxygen atoms in total. The van der Waals surface area contributed by atoms with E-state index >= 15 is 0 Å². The van der Waals surface area contributed by atoms with Crippen molar-refractivity contribution in [3.05, 3.63) is 39.9 Å². The molecule has 0 unspecified atom stereocenters. The van der Waals surface area contributed by atoms with Gasteiger partial charge in [-0.25, -0.2) is 9.78 Å². The van der Waals surface area contributed by atoms with Crippen LogP contribution < -0.4 is 15.8 Å². The van der Waals surface area contributed by atoms with Gasteiger partial charge in [0.25, 0.3) is 0 Å². The second kappa shape index (κ2) is 11.3. The Morgan fingerprint density at radius 1 is 1.22 bits per heavy atom. The average molecular weight is 515 g/mol. The van der Waals surface area contributed by atoms with E-state index in [0.717, 1.165) is 79.1 Å². The Bertz CT molecular complexity index is 1240. The van der Waals surface area contributed by atoms with Gasteiger partial charge in [-0.1, -0.05) is 11.6 Å². The number of piperazine rings is 1. The zero-order chi connectivity index (χ0) is 25.8. The third-order valence-corrected chi connectivity index (χ3v) is 7.02. The van der Waals surface area contributed by atoms with E-state index in [-0.39, 0.29) is 12.0 Å². The number of hydrogen-bond donors (Lipinski definition) is 2. The van der Waals surface area contributed by atoms with Crippen LogP contribution in [0, 0.1) is 13.8 Å². The molecule has 0 radical (unpaired) electrons. The zero-order valence-corrected chi connectivity index (χ0v) is 22.2.